The average Bonchev–Trinajstić information content (AvgIpc) is 2.74. The van der Waals surface area contributed by atoms with E-state index in [0.717, 1.165) is 0 Å². The molecule has 2 heterocycles. The minimum absolute atomic E-state index is 1.22. The lowest BCUT2D eigenvalue weighted by atomic mass is 9.92. The summed E-state index contributed by atoms with van der Waals surface area (Å²) in [7, 11) is 0. The highest BCUT2D eigenvalue weighted by atomic mass is 14.9. The largest absolute Gasteiger partial charge is 0.226 e. The van der Waals surface area contributed by atoms with E-state index in [0.29, 0.717) is 0 Å². The first kappa shape index (κ1) is 15.8. The molecule has 0 bridgehead atoms. The van der Waals surface area contributed by atoms with Gasteiger partial charge in [-0.2, -0.15) is 4.40 Å². The molecule has 0 amide bonds. The van der Waals surface area contributed by atoms with Gasteiger partial charge < -0.3 is 0 Å². The molecule has 5 rings (SSSR count). The number of aromatic nitrogens is 1. The van der Waals surface area contributed by atoms with E-state index in [2.05, 4.69) is 115 Å². The van der Waals surface area contributed by atoms with Gasteiger partial charge in [0.05, 0.1) is 10.9 Å². The summed E-state index contributed by atoms with van der Waals surface area (Å²) in [4.78, 5) is 0. The number of benzene rings is 3. The Balaban J connectivity index is 2.06. The van der Waals surface area contributed by atoms with Crippen LogP contribution in [0, 0.1) is 6.92 Å². The number of hydrogen-bond acceptors (Lipinski definition) is 0. The quantitative estimate of drug-likeness (QED) is 0.264. The highest BCUT2D eigenvalue weighted by Gasteiger charge is 2.24. The molecule has 27 heavy (non-hydrogen) atoms. The van der Waals surface area contributed by atoms with Crippen molar-refractivity contribution >= 4 is 16.3 Å². The van der Waals surface area contributed by atoms with Gasteiger partial charge in [-0.3, -0.25) is 0 Å². The molecule has 0 N–H and O–H groups in total. The molecule has 128 valence electrons. The van der Waals surface area contributed by atoms with Crippen LogP contribution in [0.1, 0.15) is 5.56 Å². The van der Waals surface area contributed by atoms with E-state index in [1.54, 1.807) is 0 Å². The summed E-state index contributed by atoms with van der Waals surface area (Å²) in [6, 6.07) is 34.6. The van der Waals surface area contributed by atoms with Gasteiger partial charge in [0.1, 0.15) is 0 Å². The van der Waals surface area contributed by atoms with Crippen molar-refractivity contribution in [1.82, 2.24) is 0 Å². The van der Waals surface area contributed by atoms with Crippen LogP contribution in [0.25, 0.3) is 38.7 Å². The number of nitrogens with zero attached hydrogens (tertiary/aromatic N) is 1. The van der Waals surface area contributed by atoms with Crippen molar-refractivity contribution in [2.75, 3.05) is 0 Å². The summed E-state index contributed by atoms with van der Waals surface area (Å²) in [6.07, 6.45) is 2.17. The van der Waals surface area contributed by atoms with Gasteiger partial charge in [-0.05, 0) is 36.8 Å². The topological polar surface area (TPSA) is 4.10 Å². The zero-order chi connectivity index (χ0) is 18.2. The molecule has 0 fully saturated rings. The van der Waals surface area contributed by atoms with Crippen molar-refractivity contribution < 1.29 is 4.40 Å². The Morgan fingerprint density at radius 2 is 1.26 bits per heavy atom. The van der Waals surface area contributed by atoms with Gasteiger partial charge in [0, 0.05) is 23.1 Å². The Morgan fingerprint density at radius 1 is 0.593 bits per heavy atom. The molecule has 0 atom stereocenters. The van der Waals surface area contributed by atoms with E-state index in [1.807, 2.05) is 0 Å². The third-order valence-corrected chi connectivity index (χ3v) is 5.17. The second kappa shape index (κ2) is 6.37. The van der Waals surface area contributed by atoms with Gasteiger partial charge in [0.2, 0.25) is 11.2 Å². The zero-order valence-corrected chi connectivity index (χ0v) is 15.3. The van der Waals surface area contributed by atoms with Crippen LogP contribution in [0.3, 0.4) is 0 Å². The van der Waals surface area contributed by atoms with Crippen LogP contribution < -0.4 is 4.40 Å². The maximum Gasteiger partial charge on any atom is 0.226 e. The SMILES string of the molecule is Cc1ccc2c(-c3ccccc3)c(-c3ccccc3)[n+]3ccccc3c2c1. The highest BCUT2D eigenvalue weighted by molar-refractivity contribution is 6.07. The predicted octanol–water partition coefficient (Wildman–Crippen LogP) is 6.22. The number of hydrogen-bond donors (Lipinski definition) is 0. The summed E-state index contributed by atoms with van der Waals surface area (Å²) < 4.78 is 2.33. The minimum atomic E-state index is 1.22. The molecule has 2 aromatic heterocycles. The van der Waals surface area contributed by atoms with Crippen molar-refractivity contribution in [1.29, 1.82) is 0 Å². The zero-order valence-electron chi connectivity index (χ0n) is 15.3. The van der Waals surface area contributed by atoms with Gasteiger partial charge in [-0.1, -0.05) is 66.2 Å². The van der Waals surface area contributed by atoms with Gasteiger partial charge >= 0.3 is 0 Å². The van der Waals surface area contributed by atoms with Crippen LogP contribution in [0.2, 0.25) is 0 Å². The Morgan fingerprint density at radius 3 is 2.00 bits per heavy atom. The molecule has 0 aliphatic carbocycles. The minimum Gasteiger partial charge on any atom is -0.159 e. The molecule has 0 saturated heterocycles. The summed E-state index contributed by atoms with van der Waals surface area (Å²) >= 11 is 0. The second-order valence-corrected chi connectivity index (χ2v) is 6.96. The third-order valence-electron chi connectivity index (χ3n) is 5.17. The first-order chi connectivity index (χ1) is 13.3. The van der Waals surface area contributed by atoms with E-state index < -0.39 is 0 Å². The number of rotatable bonds is 2. The first-order valence-electron chi connectivity index (χ1n) is 9.30. The maximum atomic E-state index is 2.33. The van der Waals surface area contributed by atoms with Gasteiger partial charge in [-0.25, -0.2) is 0 Å². The lowest BCUT2D eigenvalue weighted by molar-refractivity contribution is -0.497. The fraction of sp³-hybridized carbons (Fsp3) is 0.0385. The van der Waals surface area contributed by atoms with Gasteiger partial charge in [-0.15, -0.1) is 0 Å². The van der Waals surface area contributed by atoms with Crippen LogP contribution in [0.4, 0.5) is 0 Å². The molecule has 0 spiro atoms. The number of fused-ring (bicyclic) bond motifs is 3. The smallest absolute Gasteiger partial charge is 0.159 e. The van der Waals surface area contributed by atoms with Crippen LogP contribution in [0.15, 0.2) is 103 Å². The van der Waals surface area contributed by atoms with Crippen molar-refractivity contribution in [3.05, 3.63) is 109 Å². The van der Waals surface area contributed by atoms with E-state index in [-0.39, 0.29) is 0 Å². The lowest BCUT2D eigenvalue weighted by Crippen LogP contribution is -2.26. The predicted molar refractivity (Wildman–Crippen MR) is 113 cm³/mol. The normalized spacial score (nSPS) is 11.1. The van der Waals surface area contributed by atoms with Crippen molar-refractivity contribution in [3.63, 3.8) is 0 Å². The highest BCUT2D eigenvalue weighted by Crippen LogP contribution is 2.37. The lowest BCUT2D eigenvalue weighted by Gasteiger charge is -2.13. The fourth-order valence-electron chi connectivity index (χ4n) is 3.97. The van der Waals surface area contributed by atoms with Crippen molar-refractivity contribution in [3.8, 4) is 22.4 Å². The summed E-state index contributed by atoms with van der Waals surface area (Å²) in [5, 5.41) is 2.57. The molecular weight excluding hydrogens is 326 g/mol. The van der Waals surface area contributed by atoms with Crippen LogP contribution in [0.5, 0.6) is 0 Å². The van der Waals surface area contributed by atoms with E-state index in [4.69, 9.17) is 0 Å². The molecule has 0 radical (unpaired) electrons. The van der Waals surface area contributed by atoms with Crippen LogP contribution in [-0.4, -0.2) is 0 Å². The monoisotopic (exact) mass is 346 g/mol. The molecule has 3 aromatic carbocycles. The third kappa shape index (κ3) is 2.60. The Bertz CT molecular complexity index is 1260. The summed E-state index contributed by atoms with van der Waals surface area (Å²) in [5.74, 6) is 0. The summed E-state index contributed by atoms with van der Waals surface area (Å²) in [5.41, 5.74) is 7.48. The number of aryl methyl sites for hydroxylation is 1. The number of pyridine rings is 2. The Labute approximate surface area is 159 Å². The van der Waals surface area contributed by atoms with E-state index in [9.17, 15) is 0 Å². The van der Waals surface area contributed by atoms with Crippen molar-refractivity contribution in [2.24, 2.45) is 0 Å². The molecule has 1 heteroatoms. The molecule has 1 nitrogen and oxygen atoms in total. The maximum absolute atomic E-state index is 2.33. The Kier molecular flexibility index (Phi) is 3.72. The van der Waals surface area contributed by atoms with Crippen LogP contribution in [-0.2, 0) is 0 Å². The molecule has 0 unspecified atom stereocenters. The molecule has 5 aromatic rings. The van der Waals surface area contributed by atoms with Crippen molar-refractivity contribution in [2.45, 2.75) is 6.92 Å². The molecule has 0 aliphatic rings. The Hall–Kier alpha value is -3.45. The average molecular weight is 346 g/mol. The standard InChI is InChI=1S/C26H20N/c1-19-15-16-22-23(18-19)24-14-8-9-17-27(24)26(21-12-6-3-7-13-21)25(22)20-10-4-2-5-11-20/h2-18H,1H3/q+1. The first-order valence-corrected chi connectivity index (χ1v) is 9.30. The molecular formula is C26H20N+. The van der Waals surface area contributed by atoms with Crippen LogP contribution >= 0.6 is 0 Å². The molecule has 0 aliphatic heterocycles. The second-order valence-electron chi connectivity index (χ2n) is 6.96. The van der Waals surface area contributed by atoms with E-state index >= 15 is 0 Å². The summed E-state index contributed by atoms with van der Waals surface area (Å²) in [6.45, 7) is 2.16. The fourth-order valence-corrected chi connectivity index (χ4v) is 3.97. The molecule has 0 saturated carbocycles. The van der Waals surface area contributed by atoms with E-state index in [1.165, 1.54) is 44.2 Å². The van der Waals surface area contributed by atoms with Gasteiger partial charge in [0.15, 0.2) is 6.20 Å². The van der Waals surface area contributed by atoms with Gasteiger partial charge in [0.25, 0.3) is 0 Å².